The highest BCUT2D eigenvalue weighted by molar-refractivity contribution is 8.05. The van der Waals surface area contributed by atoms with Crippen LogP contribution in [0, 0.1) is 6.92 Å². The SMILES string of the molecule is CC.CC1=CC(C)=N/C(=C(\Sc2cccc(C)c2)C(N)=S)N1. The molecular formula is C17H23N3S2. The average Bonchev–Trinajstić information content (AvgIpc) is 2.45. The first kappa shape index (κ1) is 18.5. The molecule has 1 aromatic carbocycles. The Morgan fingerprint density at radius 1 is 1.23 bits per heavy atom. The predicted octanol–water partition coefficient (Wildman–Crippen LogP) is 4.54. The molecule has 118 valence electrons. The largest absolute Gasteiger partial charge is 0.389 e. The van der Waals surface area contributed by atoms with Crippen molar-refractivity contribution < 1.29 is 0 Å². The topological polar surface area (TPSA) is 50.4 Å². The van der Waals surface area contributed by atoms with Crippen molar-refractivity contribution in [2.45, 2.75) is 39.5 Å². The van der Waals surface area contributed by atoms with Crippen molar-refractivity contribution in [3.63, 3.8) is 0 Å². The molecule has 2 rings (SSSR count). The van der Waals surface area contributed by atoms with Crippen LogP contribution in [0.5, 0.6) is 0 Å². The van der Waals surface area contributed by atoms with Crippen LogP contribution in [0.15, 0.2) is 56.7 Å². The zero-order valence-corrected chi connectivity index (χ0v) is 15.4. The number of rotatable bonds is 3. The molecule has 0 spiro atoms. The smallest absolute Gasteiger partial charge is 0.147 e. The number of nitrogens with two attached hydrogens (primary N) is 1. The summed E-state index contributed by atoms with van der Waals surface area (Å²) in [5, 5.41) is 3.23. The van der Waals surface area contributed by atoms with Gasteiger partial charge in [0.05, 0.1) is 4.91 Å². The van der Waals surface area contributed by atoms with Crippen LogP contribution < -0.4 is 11.1 Å². The molecule has 1 aliphatic rings. The van der Waals surface area contributed by atoms with E-state index in [2.05, 4.69) is 29.4 Å². The van der Waals surface area contributed by atoms with Crippen LogP contribution >= 0.6 is 24.0 Å². The zero-order valence-electron chi connectivity index (χ0n) is 13.7. The summed E-state index contributed by atoms with van der Waals surface area (Å²) in [6.45, 7) is 10.0. The van der Waals surface area contributed by atoms with E-state index in [-0.39, 0.29) is 0 Å². The number of aryl methyl sites for hydroxylation is 1. The van der Waals surface area contributed by atoms with Crippen LogP contribution in [0.1, 0.15) is 33.3 Å². The molecule has 0 saturated carbocycles. The van der Waals surface area contributed by atoms with Crippen molar-refractivity contribution in [2.24, 2.45) is 10.7 Å². The summed E-state index contributed by atoms with van der Waals surface area (Å²) in [6, 6.07) is 8.23. The molecule has 0 fully saturated rings. The molecule has 0 aromatic heterocycles. The van der Waals surface area contributed by atoms with Gasteiger partial charge in [-0.15, -0.1) is 0 Å². The fourth-order valence-corrected chi connectivity index (χ4v) is 3.04. The van der Waals surface area contributed by atoms with Gasteiger partial charge in [-0.1, -0.05) is 55.5 Å². The second-order valence-electron chi connectivity index (χ2n) is 4.67. The lowest BCUT2D eigenvalue weighted by molar-refractivity contribution is 0.932. The van der Waals surface area contributed by atoms with E-state index in [1.165, 1.54) is 17.3 Å². The molecule has 5 heteroatoms. The molecule has 0 amide bonds. The highest BCUT2D eigenvalue weighted by atomic mass is 32.2. The normalized spacial score (nSPS) is 15.7. The van der Waals surface area contributed by atoms with Gasteiger partial charge in [0.25, 0.3) is 0 Å². The number of hydrogen-bond donors (Lipinski definition) is 2. The molecular weight excluding hydrogens is 310 g/mol. The summed E-state index contributed by atoms with van der Waals surface area (Å²) in [7, 11) is 0. The fourth-order valence-electron chi connectivity index (χ4n) is 1.89. The van der Waals surface area contributed by atoms with E-state index < -0.39 is 0 Å². The van der Waals surface area contributed by atoms with E-state index in [4.69, 9.17) is 18.0 Å². The molecule has 3 nitrogen and oxygen atoms in total. The van der Waals surface area contributed by atoms with E-state index in [0.29, 0.717) is 4.99 Å². The molecule has 1 heterocycles. The van der Waals surface area contributed by atoms with Crippen molar-refractivity contribution in [1.29, 1.82) is 0 Å². The maximum atomic E-state index is 5.87. The lowest BCUT2D eigenvalue weighted by Crippen LogP contribution is -2.21. The summed E-state index contributed by atoms with van der Waals surface area (Å²) in [4.78, 5) is 6.73. The summed E-state index contributed by atoms with van der Waals surface area (Å²) in [6.07, 6.45) is 1.98. The fraction of sp³-hybridized carbons (Fsp3) is 0.294. The van der Waals surface area contributed by atoms with Crippen LogP contribution in [0.4, 0.5) is 0 Å². The second kappa shape index (κ2) is 8.76. The molecule has 0 atom stereocenters. The minimum Gasteiger partial charge on any atom is -0.389 e. The van der Waals surface area contributed by atoms with Gasteiger partial charge in [0.2, 0.25) is 0 Å². The van der Waals surface area contributed by atoms with Crippen LogP contribution in [0.2, 0.25) is 0 Å². The Hall–Kier alpha value is -1.59. The number of aliphatic imine (C=N–C) groups is 1. The quantitative estimate of drug-likeness (QED) is 0.484. The number of thioether (sulfide) groups is 1. The van der Waals surface area contributed by atoms with E-state index in [0.717, 1.165) is 27.0 Å². The average molecular weight is 334 g/mol. The van der Waals surface area contributed by atoms with Crippen molar-refractivity contribution in [2.75, 3.05) is 0 Å². The summed E-state index contributed by atoms with van der Waals surface area (Å²) in [5.41, 5.74) is 9.04. The number of thiocarbonyl (C=S) groups is 1. The standard InChI is InChI=1S/C15H17N3S2.C2H6/c1-9-5-4-6-12(7-9)20-13(14(16)19)15-17-10(2)8-11(3)18-15;1-2/h4-8,17H,1-3H3,(H2,16,19);1-2H3/b15-13-;. The summed E-state index contributed by atoms with van der Waals surface area (Å²) >= 11 is 6.72. The molecule has 0 aliphatic carbocycles. The van der Waals surface area contributed by atoms with Gasteiger partial charge in [-0.2, -0.15) is 0 Å². The maximum absolute atomic E-state index is 5.87. The molecule has 0 saturated heterocycles. The third-order valence-corrected chi connectivity index (χ3v) is 4.12. The van der Waals surface area contributed by atoms with E-state index >= 15 is 0 Å². The predicted molar refractivity (Wildman–Crippen MR) is 102 cm³/mol. The van der Waals surface area contributed by atoms with Gasteiger partial charge in [0.1, 0.15) is 10.8 Å². The van der Waals surface area contributed by atoms with Gasteiger partial charge < -0.3 is 11.1 Å². The van der Waals surface area contributed by atoms with Crippen LogP contribution in [-0.4, -0.2) is 10.7 Å². The lowest BCUT2D eigenvalue weighted by atomic mass is 10.2. The van der Waals surface area contributed by atoms with Gasteiger partial charge >= 0.3 is 0 Å². The Labute approximate surface area is 142 Å². The Balaban J connectivity index is 0.00000116. The van der Waals surface area contributed by atoms with E-state index in [1.807, 2.05) is 45.9 Å². The minimum atomic E-state index is 0.352. The van der Waals surface area contributed by atoms with E-state index in [9.17, 15) is 0 Å². The highest BCUT2D eigenvalue weighted by Crippen LogP contribution is 2.30. The van der Waals surface area contributed by atoms with E-state index in [1.54, 1.807) is 0 Å². The van der Waals surface area contributed by atoms with Gasteiger partial charge in [0, 0.05) is 16.3 Å². The summed E-state index contributed by atoms with van der Waals surface area (Å²) < 4.78 is 0. The third-order valence-electron chi connectivity index (χ3n) is 2.68. The van der Waals surface area contributed by atoms with Crippen LogP contribution in [0.3, 0.4) is 0 Å². The number of hydrogen-bond acceptors (Lipinski definition) is 4. The molecule has 22 heavy (non-hydrogen) atoms. The minimum absolute atomic E-state index is 0.352. The third kappa shape index (κ3) is 5.31. The second-order valence-corrected chi connectivity index (χ2v) is 6.19. The van der Waals surface area contributed by atoms with Crippen molar-refractivity contribution >= 4 is 34.7 Å². The van der Waals surface area contributed by atoms with Crippen molar-refractivity contribution in [3.05, 3.63) is 52.3 Å². The number of allylic oxidation sites excluding steroid dienone is 2. The van der Waals surface area contributed by atoms with Gasteiger partial charge in [0.15, 0.2) is 0 Å². The highest BCUT2D eigenvalue weighted by Gasteiger charge is 2.14. The molecule has 3 N–H and O–H groups in total. The van der Waals surface area contributed by atoms with Crippen LogP contribution in [-0.2, 0) is 0 Å². The lowest BCUT2D eigenvalue weighted by Gasteiger charge is -2.17. The maximum Gasteiger partial charge on any atom is 0.147 e. The Bertz CT molecular complexity index is 643. The first-order chi connectivity index (χ1) is 10.5. The zero-order chi connectivity index (χ0) is 16.7. The number of benzene rings is 1. The summed E-state index contributed by atoms with van der Waals surface area (Å²) in [5.74, 6) is 0.724. The Morgan fingerprint density at radius 3 is 2.45 bits per heavy atom. The van der Waals surface area contributed by atoms with Gasteiger partial charge in [-0.25, -0.2) is 4.99 Å². The molecule has 1 aromatic rings. The Morgan fingerprint density at radius 2 is 1.91 bits per heavy atom. The van der Waals surface area contributed by atoms with Gasteiger partial charge in [-0.3, -0.25) is 0 Å². The van der Waals surface area contributed by atoms with Gasteiger partial charge in [-0.05, 0) is 39.0 Å². The number of nitrogens with one attached hydrogen (secondary N) is 1. The first-order valence-corrected chi connectivity index (χ1v) is 8.47. The Kier molecular flexibility index (Phi) is 7.35. The van der Waals surface area contributed by atoms with Crippen molar-refractivity contribution in [1.82, 2.24) is 5.32 Å². The first-order valence-electron chi connectivity index (χ1n) is 7.25. The molecule has 1 aliphatic heterocycles. The molecule has 0 bridgehead atoms. The molecule has 0 radical (unpaired) electrons. The number of nitrogens with zero attached hydrogens (tertiary/aromatic N) is 1. The van der Waals surface area contributed by atoms with Crippen LogP contribution in [0.25, 0.3) is 0 Å². The monoisotopic (exact) mass is 333 g/mol. The van der Waals surface area contributed by atoms with Crippen molar-refractivity contribution in [3.8, 4) is 0 Å². The molecule has 0 unspecified atom stereocenters.